The zero-order valence-corrected chi connectivity index (χ0v) is 21.9. The minimum absolute atomic E-state index is 0.0504. The molecule has 5 fully saturated rings. The van der Waals surface area contributed by atoms with Gasteiger partial charge in [-0.2, -0.15) is 13.2 Å². The molecule has 6 aliphatic rings. The Labute approximate surface area is 219 Å². The molecule has 11 heteroatoms. The molecule has 4 aliphatic carbocycles. The van der Waals surface area contributed by atoms with Gasteiger partial charge in [0.05, 0.1) is 13.1 Å². The summed E-state index contributed by atoms with van der Waals surface area (Å²) in [4.78, 5) is 36.4. The normalized spacial score (nSPS) is 34.5. The Bertz CT molecular complexity index is 1060. The van der Waals surface area contributed by atoms with Gasteiger partial charge in [0, 0.05) is 36.5 Å². The van der Waals surface area contributed by atoms with Gasteiger partial charge in [-0.25, -0.2) is 9.79 Å². The predicted octanol–water partition coefficient (Wildman–Crippen LogP) is 4.40. The van der Waals surface area contributed by atoms with Crippen molar-refractivity contribution in [3.63, 3.8) is 0 Å². The van der Waals surface area contributed by atoms with Gasteiger partial charge in [-0.3, -0.25) is 19.5 Å². The summed E-state index contributed by atoms with van der Waals surface area (Å²) in [6.07, 6.45) is 2.40. The topological polar surface area (TPSA) is 68.2 Å². The van der Waals surface area contributed by atoms with Crippen LogP contribution in [0.15, 0.2) is 17.1 Å². The maximum Gasteiger partial charge on any atom is 0.425 e. The van der Waals surface area contributed by atoms with Gasteiger partial charge in [0.15, 0.2) is 12.1 Å². The summed E-state index contributed by atoms with van der Waals surface area (Å²) >= 11 is 0.644. The van der Waals surface area contributed by atoms with Gasteiger partial charge in [0.1, 0.15) is 10.7 Å². The quantitative estimate of drug-likeness (QED) is 0.584. The maximum atomic E-state index is 13.5. The van der Waals surface area contributed by atoms with Crippen LogP contribution >= 0.6 is 11.3 Å². The Morgan fingerprint density at radius 3 is 2.24 bits per heavy atom. The first kappa shape index (κ1) is 25.3. The van der Waals surface area contributed by atoms with E-state index < -0.39 is 17.3 Å². The van der Waals surface area contributed by atoms with Crippen LogP contribution in [0.2, 0.25) is 0 Å². The molecule has 1 N–H and O–H groups in total. The summed E-state index contributed by atoms with van der Waals surface area (Å²) in [5, 5.41) is 2.89. The van der Waals surface area contributed by atoms with Gasteiger partial charge < -0.3 is 5.32 Å². The van der Waals surface area contributed by atoms with Crippen molar-refractivity contribution in [1.82, 2.24) is 20.0 Å². The number of hydrogen-bond donors (Lipinski definition) is 1. The van der Waals surface area contributed by atoms with Crippen LogP contribution in [0.4, 0.5) is 18.0 Å². The van der Waals surface area contributed by atoms with Crippen molar-refractivity contribution in [2.24, 2.45) is 28.2 Å². The van der Waals surface area contributed by atoms with Crippen molar-refractivity contribution >= 4 is 29.0 Å². The van der Waals surface area contributed by atoms with Gasteiger partial charge in [0.2, 0.25) is 0 Å². The van der Waals surface area contributed by atoms with E-state index in [1.54, 1.807) is 6.92 Å². The number of urea groups is 1. The second-order valence-corrected chi connectivity index (χ2v) is 13.0. The molecule has 0 radical (unpaired) electrons. The maximum absolute atomic E-state index is 13.5. The molecule has 3 heterocycles. The van der Waals surface area contributed by atoms with Crippen molar-refractivity contribution in [1.29, 1.82) is 0 Å². The smallest absolute Gasteiger partial charge is 0.303 e. The molecule has 0 spiro atoms. The number of nitrogens with one attached hydrogen (secondary N) is 1. The summed E-state index contributed by atoms with van der Waals surface area (Å²) in [6.45, 7) is 5.16. The first-order valence-corrected chi connectivity index (χ1v) is 14.2. The molecule has 202 valence electrons. The molecule has 7 rings (SSSR count). The Kier molecular flexibility index (Phi) is 6.39. The molecule has 1 aromatic rings. The fourth-order valence-electron chi connectivity index (χ4n) is 7.73. The summed E-state index contributed by atoms with van der Waals surface area (Å²) in [6, 6.07) is 2.09. The molecule has 4 bridgehead atoms. The molecule has 1 saturated heterocycles. The molecule has 2 aliphatic heterocycles. The lowest BCUT2D eigenvalue weighted by Gasteiger charge is -2.56. The standard InChI is InChI=1S/C26H34F3N5O2S/c1-16-30-23(31-24(36)34(16)14-20-2-3-22(37-20)26(27,28)29)33-6-4-32(5-7-33)15-21(35)25-11-17-8-18(12-25)10-19(9-17)13-25/h2-3,17-19,23H,4-15H2,1H3,(H,31,36). The molecule has 7 nitrogen and oxygen atoms in total. The van der Waals surface area contributed by atoms with E-state index in [1.807, 2.05) is 0 Å². The number of thiophene rings is 1. The minimum Gasteiger partial charge on any atom is -0.303 e. The van der Waals surface area contributed by atoms with E-state index in [0.717, 1.165) is 56.2 Å². The van der Waals surface area contributed by atoms with Gasteiger partial charge >= 0.3 is 12.2 Å². The third-order valence-corrected chi connectivity index (χ3v) is 10.3. The Hall–Kier alpha value is -1.98. The van der Waals surface area contributed by atoms with Crippen LogP contribution in [0.1, 0.15) is 55.2 Å². The number of halogens is 3. The lowest BCUT2D eigenvalue weighted by Crippen LogP contribution is -2.61. The number of hydrogen-bond acceptors (Lipinski definition) is 6. The number of amidine groups is 1. The van der Waals surface area contributed by atoms with E-state index >= 15 is 0 Å². The molecular weight excluding hydrogens is 503 g/mol. The fraction of sp³-hybridized carbons (Fsp3) is 0.731. The first-order valence-electron chi connectivity index (χ1n) is 13.4. The van der Waals surface area contributed by atoms with Crippen LogP contribution in [0, 0.1) is 23.2 Å². The summed E-state index contributed by atoms with van der Waals surface area (Å²) in [5.74, 6) is 3.20. The number of piperazine rings is 1. The van der Waals surface area contributed by atoms with Gasteiger partial charge in [-0.1, -0.05) is 0 Å². The van der Waals surface area contributed by atoms with Crippen molar-refractivity contribution in [2.75, 3.05) is 32.7 Å². The highest BCUT2D eigenvalue weighted by molar-refractivity contribution is 7.12. The van der Waals surface area contributed by atoms with Crippen LogP contribution < -0.4 is 5.32 Å². The van der Waals surface area contributed by atoms with Crippen molar-refractivity contribution in [2.45, 2.75) is 64.5 Å². The summed E-state index contributed by atoms with van der Waals surface area (Å²) < 4.78 is 38.8. The summed E-state index contributed by atoms with van der Waals surface area (Å²) in [5.41, 5.74) is -0.0719. The van der Waals surface area contributed by atoms with E-state index in [1.165, 1.54) is 30.2 Å². The van der Waals surface area contributed by atoms with E-state index in [-0.39, 0.29) is 18.0 Å². The largest absolute Gasteiger partial charge is 0.425 e. The number of Topliss-reactive ketones (excluding diaryl/α,β-unsaturated/α-hetero) is 1. The van der Waals surface area contributed by atoms with Crippen molar-refractivity contribution in [3.05, 3.63) is 21.9 Å². The highest BCUT2D eigenvalue weighted by atomic mass is 32.1. The van der Waals surface area contributed by atoms with E-state index in [0.29, 0.717) is 47.5 Å². The van der Waals surface area contributed by atoms with Crippen LogP contribution in [0.25, 0.3) is 0 Å². The monoisotopic (exact) mass is 537 g/mol. The lowest BCUT2D eigenvalue weighted by molar-refractivity contribution is -0.145. The average Bonchev–Trinajstić information content (AvgIpc) is 3.30. The molecule has 37 heavy (non-hydrogen) atoms. The van der Waals surface area contributed by atoms with Crippen molar-refractivity contribution < 1.29 is 22.8 Å². The number of ketones is 1. The van der Waals surface area contributed by atoms with Gasteiger partial charge in [0.25, 0.3) is 0 Å². The predicted molar refractivity (Wildman–Crippen MR) is 134 cm³/mol. The second-order valence-electron chi connectivity index (χ2n) is 11.8. The van der Waals surface area contributed by atoms with Crippen LogP contribution in [0.3, 0.4) is 0 Å². The number of aliphatic imine (C=N–C) groups is 1. The van der Waals surface area contributed by atoms with Crippen molar-refractivity contribution in [3.8, 4) is 0 Å². The highest BCUT2D eigenvalue weighted by Crippen LogP contribution is 2.60. The van der Waals surface area contributed by atoms with E-state index in [9.17, 15) is 22.8 Å². The number of carbonyl (C=O) groups is 2. The first-order chi connectivity index (χ1) is 17.6. The van der Waals surface area contributed by atoms with Crippen LogP contribution in [-0.4, -0.2) is 71.4 Å². The molecule has 2 amide bonds. The number of rotatable bonds is 6. The molecule has 0 aromatic carbocycles. The van der Waals surface area contributed by atoms with E-state index in [2.05, 4.69) is 20.1 Å². The van der Waals surface area contributed by atoms with Gasteiger partial charge in [-0.05, 0) is 75.3 Å². The number of nitrogens with zero attached hydrogens (tertiary/aromatic N) is 4. The molecule has 1 atom stereocenters. The fourth-order valence-corrected chi connectivity index (χ4v) is 8.60. The number of alkyl halides is 3. The van der Waals surface area contributed by atoms with Gasteiger partial charge in [-0.15, -0.1) is 11.3 Å². The zero-order chi connectivity index (χ0) is 25.9. The molecular formula is C26H34F3N5O2S. The number of carbonyl (C=O) groups excluding carboxylic acids is 2. The summed E-state index contributed by atoms with van der Waals surface area (Å²) in [7, 11) is 0. The zero-order valence-electron chi connectivity index (χ0n) is 21.1. The molecule has 1 aromatic heterocycles. The highest BCUT2D eigenvalue weighted by Gasteiger charge is 2.54. The third kappa shape index (κ3) is 4.94. The Balaban J connectivity index is 1.03. The van der Waals surface area contributed by atoms with Crippen LogP contribution in [0.5, 0.6) is 0 Å². The lowest BCUT2D eigenvalue weighted by atomic mass is 9.48. The van der Waals surface area contributed by atoms with Crippen LogP contribution in [-0.2, 0) is 17.5 Å². The Morgan fingerprint density at radius 1 is 1.08 bits per heavy atom. The van der Waals surface area contributed by atoms with E-state index in [4.69, 9.17) is 0 Å². The Morgan fingerprint density at radius 2 is 1.70 bits per heavy atom. The SMILES string of the molecule is CC1=NC(N2CCN(CC(=O)C34CC5CC(CC(C5)C3)C4)CC2)NC(=O)N1Cc1ccc(C(F)(F)F)s1. The number of amides is 2. The minimum atomic E-state index is -4.39. The molecule has 1 unspecified atom stereocenters. The third-order valence-electron chi connectivity index (χ3n) is 9.20. The average molecular weight is 538 g/mol. The second kappa shape index (κ2) is 9.34. The molecule has 4 saturated carbocycles.